The van der Waals surface area contributed by atoms with Crippen LogP contribution in [0, 0.1) is 26.7 Å². The van der Waals surface area contributed by atoms with Gasteiger partial charge in [-0.1, -0.05) is 0 Å². The number of hydrogen-bond acceptors (Lipinski definition) is 0. The molecule has 0 aromatic heterocycles. The molecule has 0 aliphatic carbocycles. The van der Waals surface area contributed by atoms with E-state index in [2.05, 4.69) is 26.7 Å². The predicted octanol–water partition coefficient (Wildman–Crippen LogP) is 4.76. The van der Waals surface area contributed by atoms with Gasteiger partial charge in [0.05, 0.1) is 0 Å². The minimum Gasteiger partial charge on any atom is -0.262 e. The summed E-state index contributed by atoms with van der Waals surface area (Å²) in [6, 6.07) is 0. The fourth-order valence-electron chi connectivity index (χ4n) is 2.01. The molecule has 0 aromatic rings. The van der Waals surface area contributed by atoms with Crippen LogP contribution in [-0.2, 0) is 44.8 Å². The molecule has 2 rings (SSSR count). The van der Waals surface area contributed by atoms with Crippen LogP contribution in [0.5, 0.6) is 0 Å². The molecule has 2 aliphatic heterocycles. The van der Waals surface area contributed by atoms with Gasteiger partial charge in [-0.25, -0.2) is 26.7 Å². The molecule has 0 aromatic carbocycles. The van der Waals surface area contributed by atoms with E-state index in [1.54, 1.807) is 0 Å². The van der Waals surface area contributed by atoms with E-state index in [4.69, 9.17) is 0 Å². The Balaban J connectivity index is 0. The average molecular weight is 624 g/mol. The third kappa shape index (κ3) is 9.29. The van der Waals surface area contributed by atoms with Gasteiger partial charge in [-0.05, 0) is 25.7 Å². The molecular weight excluding hydrogens is 600 g/mol. The second-order valence-corrected chi connectivity index (χ2v) is 12.1. The molecular formula is C12H24Au2P2. The van der Waals surface area contributed by atoms with Gasteiger partial charge < -0.3 is 0 Å². The van der Waals surface area contributed by atoms with Crippen LogP contribution in [-0.4, -0.2) is 24.6 Å². The summed E-state index contributed by atoms with van der Waals surface area (Å²) < 4.78 is 0. The van der Waals surface area contributed by atoms with Gasteiger partial charge in [0.25, 0.3) is 0 Å². The molecule has 0 unspecified atom stereocenters. The zero-order valence-corrected chi connectivity index (χ0v) is 16.1. The smallest absolute Gasteiger partial charge is 0.262 e. The molecule has 2 saturated heterocycles. The normalized spacial score (nSPS) is 24.8. The van der Waals surface area contributed by atoms with E-state index in [0.29, 0.717) is 0 Å². The zero-order chi connectivity index (χ0) is 10.7. The Hall–Kier alpha value is 2.34. The minimum atomic E-state index is -0.793. The third-order valence-electron chi connectivity index (χ3n) is 3.03. The standard InChI is InChI=1S/2C6H12P.2Au/c2*1-7(2)5-3-4-6-7;;/h2*1-6H2;;/q2*-1;2*+1. The van der Waals surface area contributed by atoms with Gasteiger partial charge in [-0.2, -0.15) is 0 Å². The summed E-state index contributed by atoms with van der Waals surface area (Å²) in [5.74, 6) is 0. The van der Waals surface area contributed by atoms with Crippen molar-refractivity contribution >= 4 is 14.5 Å². The molecule has 2 aliphatic rings. The summed E-state index contributed by atoms with van der Waals surface area (Å²) in [6.07, 6.45) is 10.9. The van der Waals surface area contributed by atoms with E-state index in [-0.39, 0.29) is 44.8 Å². The van der Waals surface area contributed by atoms with Crippen LogP contribution in [0.2, 0.25) is 0 Å². The van der Waals surface area contributed by atoms with E-state index in [0.717, 1.165) is 0 Å². The molecule has 0 bridgehead atoms. The summed E-state index contributed by atoms with van der Waals surface area (Å²) in [4.78, 5) is 0. The maximum atomic E-state index is 4.07. The van der Waals surface area contributed by atoms with Crippen molar-refractivity contribution in [1.29, 1.82) is 0 Å². The van der Waals surface area contributed by atoms with Crippen LogP contribution in [0.1, 0.15) is 25.7 Å². The molecule has 4 heteroatoms. The fourth-order valence-corrected chi connectivity index (χ4v) is 6.04. The Bertz CT molecular complexity index is 146. The molecule has 104 valence electrons. The Kier molecular flexibility index (Phi) is 12.0. The molecule has 0 saturated carbocycles. The SMILES string of the molecule is [Au+].[Au+].[CH2-][P+]1([CH2-])CCCC1.[CH2-][P+]1([CH2-])CCCC1. The topological polar surface area (TPSA) is 0 Å². The first-order chi connectivity index (χ1) is 6.41. The van der Waals surface area contributed by atoms with Crippen molar-refractivity contribution < 1.29 is 44.8 Å². The molecule has 0 atom stereocenters. The summed E-state index contributed by atoms with van der Waals surface area (Å²) in [5.41, 5.74) is 0. The van der Waals surface area contributed by atoms with E-state index in [9.17, 15) is 0 Å². The van der Waals surface area contributed by atoms with Crippen molar-refractivity contribution in [3.63, 3.8) is 0 Å². The molecule has 0 radical (unpaired) electrons. The first-order valence-electron chi connectivity index (χ1n) is 5.53. The van der Waals surface area contributed by atoms with Crippen molar-refractivity contribution in [2.24, 2.45) is 0 Å². The van der Waals surface area contributed by atoms with E-state index >= 15 is 0 Å². The first-order valence-corrected chi connectivity index (χ1v) is 10.6. The van der Waals surface area contributed by atoms with E-state index in [1.165, 1.54) is 50.3 Å². The van der Waals surface area contributed by atoms with Gasteiger partial charge in [-0.15, -0.1) is 0 Å². The van der Waals surface area contributed by atoms with Crippen LogP contribution in [0.25, 0.3) is 0 Å². The Morgan fingerprint density at radius 3 is 0.750 bits per heavy atom. The van der Waals surface area contributed by atoms with Crippen molar-refractivity contribution in [1.82, 2.24) is 0 Å². The second kappa shape index (κ2) is 9.28. The summed E-state index contributed by atoms with van der Waals surface area (Å²) in [7, 11) is -1.59. The van der Waals surface area contributed by atoms with E-state index < -0.39 is 14.5 Å². The van der Waals surface area contributed by atoms with Crippen LogP contribution in [0.3, 0.4) is 0 Å². The Morgan fingerprint density at radius 1 is 0.500 bits per heavy atom. The van der Waals surface area contributed by atoms with E-state index in [1.807, 2.05) is 0 Å². The van der Waals surface area contributed by atoms with Gasteiger partial charge in [0.2, 0.25) is 0 Å². The summed E-state index contributed by atoms with van der Waals surface area (Å²) in [6.45, 7) is 16.3. The predicted molar refractivity (Wildman–Crippen MR) is 73.2 cm³/mol. The third-order valence-corrected chi connectivity index (χ3v) is 8.09. The summed E-state index contributed by atoms with van der Waals surface area (Å²) >= 11 is 0. The van der Waals surface area contributed by atoms with Gasteiger partial charge >= 0.3 is 44.8 Å². The molecule has 0 amide bonds. The molecule has 0 spiro atoms. The monoisotopic (exact) mass is 624 g/mol. The number of hydrogen-bond donors (Lipinski definition) is 0. The summed E-state index contributed by atoms with van der Waals surface area (Å²) in [5, 5.41) is 0. The zero-order valence-electron chi connectivity index (χ0n) is 9.98. The molecule has 16 heavy (non-hydrogen) atoms. The van der Waals surface area contributed by atoms with Gasteiger partial charge in [0, 0.05) is 24.6 Å². The number of rotatable bonds is 0. The van der Waals surface area contributed by atoms with Crippen molar-refractivity contribution in [3.05, 3.63) is 26.7 Å². The molecule has 2 fully saturated rings. The molecule has 0 nitrogen and oxygen atoms in total. The van der Waals surface area contributed by atoms with Crippen LogP contribution in [0.4, 0.5) is 0 Å². The maximum absolute atomic E-state index is 4.07. The fraction of sp³-hybridized carbons (Fsp3) is 0.667. The van der Waals surface area contributed by atoms with Gasteiger partial charge in [-0.3, -0.25) is 14.5 Å². The van der Waals surface area contributed by atoms with Crippen molar-refractivity contribution in [3.8, 4) is 0 Å². The van der Waals surface area contributed by atoms with Gasteiger partial charge in [0.1, 0.15) is 0 Å². The second-order valence-electron chi connectivity index (χ2n) is 4.99. The Labute approximate surface area is 135 Å². The van der Waals surface area contributed by atoms with Crippen molar-refractivity contribution in [2.75, 3.05) is 24.6 Å². The van der Waals surface area contributed by atoms with Gasteiger partial charge in [0.15, 0.2) is 0 Å². The van der Waals surface area contributed by atoms with Crippen LogP contribution in [0.15, 0.2) is 0 Å². The molecule has 2 heterocycles. The maximum Gasteiger partial charge on any atom is 1.00 e. The first kappa shape index (κ1) is 20.7. The van der Waals surface area contributed by atoms with Crippen LogP contribution < -0.4 is 0 Å². The van der Waals surface area contributed by atoms with Crippen LogP contribution >= 0.6 is 14.5 Å². The minimum absolute atomic E-state index is 0. The average Bonchev–Trinajstić information content (AvgIpc) is 2.60. The Morgan fingerprint density at radius 2 is 0.688 bits per heavy atom. The largest absolute Gasteiger partial charge is 1.00 e. The quantitative estimate of drug-likeness (QED) is 0.208. The molecule has 0 N–H and O–H groups in total. The van der Waals surface area contributed by atoms with Crippen molar-refractivity contribution in [2.45, 2.75) is 25.7 Å².